The molecule has 0 aliphatic heterocycles. The van der Waals surface area contributed by atoms with E-state index in [4.69, 9.17) is 0 Å². The van der Waals surface area contributed by atoms with Gasteiger partial charge in [0.1, 0.15) is 0 Å². The minimum Gasteiger partial charge on any atom is -0.354 e. The largest absolute Gasteiger partial charge is 0.354 e. The normalized spacial score (nSPS) is 11.5. The second-order valence-corrected chi connectivity index (χ2v) is 5.53. The molecule has 0 saturated heterocycles. The molecule has 19 heavy (non-hydrogen) atoms. The van der Waals surface area contributed by atoms with Crippen molar-refractivity contribution in [3.63, 3.8) is 0 Å². The monoisotopic (exact) mass is 302 g/mol. The quantitative estimate of drug-likeness (QED) is 0.573. The molecule has 0 bridgehead atoms. The number of thioether (sulfide) groups is 1. The molecule has 0 radical (unpaired) electrons. The van der Waals surface area contributed by atoms with Crippen LogP contribution in [0.4, 0.5) is 0 Å². The highest BCUT2D eigenvalue weighted by Crippen LogP contribution is 2.22. The molecule has 5 heteroatoms. The molecular formula is C14H23ClN2OS. The lowest BCUT2D eigenvalue weighted by atomic mass is 10.4. The van der Waals surface area contributed by atoms with Crippen LogP contribution in [0.25, 0.3) is 0 Å². The van der Waals surface area contributed by atoms with Crippen LogP contribution in [-0.2, 0) is 4.79 Å². The first-order valence-electron chi connectivity index (χ1n) is 6.44. The zero-order chi connectivity index (χ0) is 13.2. The zero-order valence-corrected chi connectivity index (χ0v) is 13.2. The van der Waals surface area contributed by atoms with Gasteiger partial charge in [0, 0.05) is 18.0 Å². The van der Waals surface area contributed by atoms with E-state index in [2.05, 4.69) is 17.6 Å². The van der Waals surface area contributed by atoms with Gasteiger partial charge in [0.05, 0.1) is 5.25 Å². The molecule has 1 atom stereocenters. The summed E-state index contributed by atoms with van der Waals surface area (Å²) in [7, 11) is 0. The van der Waals surface area contributed by atoms with Gasteiger partial charge in [-0.05, 0) is 32.0 Å². The minimum absolute atomic E-state index is 0. The first-order chi connectivity index (χ1) is 8.74. The summed E-state index contributed by atoms with van der Waals surface area (Å²) in [5.74, 6) is 0.0992. The number of benzene rings is 1. The van der Waals surface area contributed by atoms with E-state index in [9.17, 15) is 4.79 Å². The Hall–Kier alpha value is -0.710. The van der Waals surface area contributed by atoms with Gasteiger partial charge in [-0.15, -0.1) is 24.2 Å². The molecule has 108 valence electrons. The summed E-state index contributed by atoms with van der Waals surface area (Å²) >= 11 is 1.59. The predicted molar refractivity (Wildman–Crippen MR) is 85.2 cm³/mol. The van der Waals surface area contributed by atoms with Crippen molar-refractivity contribution in [3.8, 4) is 0 Å². The van der Waals surface area contributed by atoms with Crippen molar-refractivity contribution >= 4 is 30.1 Å². The van der Waals surface area contributed by atoms with Gasteiger partial charge in [0.2, 0.25) is 5.91 Å². The van der Waals surface area contributed by atoms with Crippen LogP contribution < -0.4 is 10.6 Å². The Morgan fingerprint density at radius 2 is 1.89 bits per heavy atom. The molecular weight excluding hydrogens is 280 g/mol. The smallest absolute Gasteiger partial charge is 0.233 e. The summed E-state index contributed by atoms with van der Waals surface area (Å²) in [4.78, 5) is 12.9. The second-order valence-electron chi connectivity index (χ2n) is 4.11. The Bertz CT molecular complexity index is 349. The van der Waals surface area contributed by atoms with Crippen LogP contribution in [-0.4, -0.2) is 30.8 Å². The highest BCUT2D eigenvalue weighted by Gasteiger charge is 2.13. The van der Waals surface area contributed by atoms with Crippen molar-refractivity contribution in [1.82, 2.24) is 10.6 Å². The molecule has 0 aliphatic carbocycles. The lowest BCUT2D eigenvalue weighted by molar-refractivity contribution is -0.120. The van der Waals surface area contributed by atoms with Crippen molar-refractivity contribution in [3.05, 3.63) is 30.3 Å². The molecule has 1 unspecified atom stereocenters. The Morgan fingerprint density at radius 3 is 2.53 bits per heavy atom. The van der Waals surface area contributed by atoms with E-state index >= 15 is 0 Å². The Morgan fingerprint density at radius 1 is 1.21 bits per heavy atom. The number of carbonyl (C=O) groups excluding carboxylic acids is 1. The second kappa shape index (κ2) is 11.1. The highest BCUT2D eigenvalue weighted by atomic mass is 35.5. The Kier molecular flexibility index (Phi) is 10.7. The molecule has 1 aromatic rings. The molecule has 1 amide bonds. The molecule has 0 aliphatic rings. The summed E-state index contributed by atoms with van der Waals surface area (Å²) in [6.07, 6.45) is 1.12. The van der Waals surface area contributed by atoms with Crippen molar-refractivity contribution in [2.75, 3.05) is 19.6 Å². The van der Waals surface area contributed by atoms with Gasteiger partial charge in [-0.1, -0.05) is 25.1 Å². The first kappa shape index (κ1) is 18.3. The number of hydrogen-bond acceptors (Lipinski definition) is 3. The number of halogens is 1. The number of nitrogens with one attached hydrogen (secondary N) is 2. The summed E-state index contributed by atoms with van der Waals surface area (Å²) in [6, 6.07) is 10.0. The summed E-state index contributed by atoms with van der Waals surface area (Å²) < 4.78 is 0. The van der Waals surface area contributed by atoms with Crippen LogP contribution >= 0.6 is 24.2 Å². The highest BCUT2D eigenvalue weighted by molar-refractivity contribution is 8.00. The van der Waals surface area contributed by atoms with E-state index in [0.29, 0.717) is 6.54 Å². The molecule has 0 saturated carbocycles. The van der Waals surface area contributed by atoms with Crippen LogP contribution in [0.3, 0.4) is 0 Å². The van der Waals surface area contributed by atoms with Gasteiger partial charge in [0.15, 0.2) is 0 Å². The van der Waals surface area contributed by atoms with Crippen molar-refractivity contribution in [2.24, 2.45) is 0 Å². The third-order valence-corrected chi connectivity index (χ3v) is 3.57. The third-order valence-electron chi connectivity index (χ3n) is 2.45. The van der Waals surface area contributed by atoms with Crippen LogP contribution in [0.2, 0.25) is 0 Å². The van der Waals surface area contributed by atoms with Crippen LogP contribution in [0.1, 0.15) is 20.3 Å². The number of hydrogen-bond donors (Lipinski definition) is 2. The van der Waals surface area contributed by atoms with E-state index in [0.717, 1.165) is 24.4 Å². The van der Waals surface area contributed by atoms with Gasteiger partial charge in [0.25, 0.3) is 0 Å². The lowest BCUT2D eigenvalue weighted by Crippen LogP contribution is -2.36. The van der Waals surface area contributed by atoms with E-state index in [1.165, 1.54) is 0 Å². The summed E-state index contributed by atoms with van der Waals surface area (Å²) in [5.41, 5.74) is 0. The molecule has 0 spiro atoms. The van der Waals surface area contributed by atoms with Crippen LogP contribution in [0.15, 0.2) is 35.2 Å². The minimum atomic E-state index is -0.0569. The van der Waals surface area contributed by atoms with Gasteiger partial charge in [-0.25, -0.2) is 0 Å². The van der Waals surface area contributed by atoms with Gasteiger partial charge in [-0.2, -0.15) is 0 Å². The number of amides is 1. The van der Waals surface area contributed by atoms with E-state index in [1.807, 2.05) is 37.3 Å². The topological polar surface area (TPSA) is 41.1 Å². The molecule has 0 heterocycles. The zero-order valence-electron chi connectivity index (χ0n) is 11.5. The average molecular weight is 303 g/mol. The fourth-order valence-corrected chi connectivity index (χ4v) is 2.39. The van der Waals surface area contributed by atoms with Crippen molar-refractivity contribution in [1.29, 1.82) is 0 Å². The maximum absolute atomic E-state index is 11.8. The average Bonchev–Trinajstić information content (AvgIpc) is 2.39. The molecule has 0 fully saturated rings. The SMILES string of the molecule is CCCNCCNC(=O)C(C)Sc1ccccc1.Cl. The first-order valence-corrected chi connectivity index (χ1v) is 7.32. The Labute approximate surface area is 126 Å². The standard InChI is InChI=1S/C14H22N2OS.ClH/c1-3-9-15-10-11-16-14(17)12(2)18-13-7-5-4-6-8-13;/h4-8,12,15H,3,9-11H2,1-2H3,(H,16,17);1H. The third kappa shape index (κ3) is 8.14. The van der Waals surface area contributed by atoms with Crippen molar-refractivity contribution < 1.29 is 4.79 Å². The summed E-state index contributed by atoms with van der Waals surface area (Å²) in [5, 5.41) is 6.14. The fraction of sp³-hybridized carbons (Fsp3) is 0.500. The van der Waals surface area contributed by atoms with Crippen LogP contribution in [0, 0.1) is 0 Å². The molecule has 1 rings (SSSR count). The van der Waals surface area contributed by atoms with E-state index < -0.39 is 0 Å². The maximum Gasteiger partial charge on any atom is 0.233 e. The molecule has 0 aromatic heterocycles. The van der Waals surface area contributed by atoms with E-state index in [1.54, 1.807) is 11.8 Å². The Balaban J connectivity index is 0.00000324. The van der Waals surface area contributed by atoms with Gasteiger partial charge < -0.3 is 10.6 Å². The van der Waals surface area contributed by atoms with E-state index in [-0.39, 0.29) is 23.6 Å². The summed E-state index contributed by atoms with van der Waals surface area (Å²) in [6.45, 7) is 6.60. The molecule has 1 aromatic carbocycles. The molecule has 3 nitrogen and oxygen atoms in total. The number of rotatable bonds is 8. The maximum atomic E-state index is 11.8. The number of carbonyl (C=O) groups is 1. The van der Waals surface area contributed by atoms with Crippen LogP contribution in [0.5, 0.6) is 0 Å². The van der Waals surface area contributed by atoms with Gasteiger partial charge in [-0.3, -0.25) is 4.79 Å². The fourth-order valence-electron chi connectivity index (χ4n) is 1.48. The van der Waals surface area contributed by atoms with Gasteiger partial charge >= 0.3 is 0 Å². The molecule has 2 N–H and O–H groups in total. The predicted octanol–water partition coefficient (Wildman–Crippen LogP) is 2.70. The van der Waals surface area contributed by atoms with Crippen molar-refractivity contribution in [2.45, 2.75) is 30.4 Å². The lowest BCUT2D eigenvalue weighted by Gasteiger charge is -2.12.